The van der Waals surface area contributed by atoms with E-state index in [0.717, 1.165) is 12.3 Å². The molecule has 0 aromatic carbocycles. The molecule has 0 aromatic rings. The summed E-state index contributed by atoms with van der Waals surface area (Å²) >= 11 is 0. The lowest BCUT2D eigenvalue weighted by Crippen LogP contribution is -2.45. The number of aliphatic hydroxyl groups excluding tert-OH is 1. The second-order valence-corrected chi connectivity index (χ2v) is 5.70. The van der Waals surface area contributed by atoms with Crippen molar-refractivity contribution in [2.45, 2.75) is 44.8 Å². The van der Waals surface area contributed by atoms with Gasteiger partial charge in [0.25, 0.3) is 0 Å². The number of fused-ring (bicyclic) bond motifs is 2. The highest BCUT2D eigenvalue weighted by Crippen LogP contribution is 2.44. The lowest BCUT2D eigenvalue weighted by molar-refractivity contribution is -0.128. The van der Waals surface area contributed by atoms with E-state index >= 15 is 0 Å². The van der Waals surface area contributed by atoms with E-state index in [1.807, 2.05) is 0 Å². The zero-order valence-electron chi connectivity index (χ0n) is 10.8. The number of rotatable bonds is 5. The lowest BCUT2D eigenvalue weighted by atomic mass is 9.94. The van der Waals surface area contributed by atoms with Gasteiger partial charge in [-0.3, -0.25) is 4.79 Å². The molecular weight excluding hydrogens is 216 g/mol. The summed E-state index contributed by atoms with van der Waals surface area (Å²) in [6, 6.07) is 0.366. The van der Waals surface area contributed by atoms with Crippen molar-refractivity contribution in [2.24, 2.45) is 17.8 Å². The molecular formula is C13H24N2O2. The van der Waals surface area contributed by atoms with Gasteiger partial charge in [-0.05, 0) is 38.1 Å². The molecule has 0 spiro atoms. The van der Waals surface area contributed by atoms with Crippen LogP contribution in [0.4, 0.5) is 0 Å². The maximum Gasteiger partial charge on any atom is 0.225 e. The minimum absolute atomic E-state index is 0.00491. The monoisotopic (exact) mass is 240 g/mol. The van der Waals surface area contributed by atoms with Gasteiger partial charge in [-0.25, -0.2) is 0 Å². The van der Waals surface area contributed by atoms with Crippen LogP contribution in [0.15, 0.2) is 0 Å². The van der Waals surface area contributed by atoms with Crippen LogP contribution in [-0.4, -0.2) is 36.8 Å². The van der Waals surface area contributed by atoms with E-state index in [2.05, 4.69) is 10.6 Å². The van der Waals surface area contributed by atoms with E-state index < -0.39 is 6.10 Å². The first-order valence-electron chi connectivity index (χ1n) is 6.74. The molecule has 1 amide bonds. The normalized spacial score (nSPS) is 34.6. The van der Waals surface area contributed by atoms with Crippen molar-refractivity contribution in [1.82, 2.24) is 10.6 Å². The Bertz CT molecular complexity index is 283. The summed E-state index contributed by atoms with van der Waals surface area (Å²) in [5.74, 6) is 1.20. The van der Waals surface area contributed by atoms with Crippen molar-refractivity contribution in [3.8, 4) is 0 Å². The second-order valence-electron chi connectivity index (χ2n) is 5.70. The maximum absolute atomic E-state index is 12.0. The van der Waals surface area contributed by atoms with Crippen molar-refractivity contribution in [3.05, 3.63) is 0 Å². The van der Waals surface area contributed by atoms with Gasteiger partial charge in [0.1, 0.15) is 0 Å². The van der Waals surface area contributed by atoms with Gasteiger partial charge in [-0.1, -0.05) is 13.3 Å². The van der Waals surface area contributed by atoms with Gasteiger partial charge in [0, 0.05) is 12.6 Å². The molecule has 2 rings (SSSR count). The van der Waals surface area contributed by atoms with Crippen LogP contribution in [0.2, 0.25) is 0 Å². The molecule has 2 aliphatic rings. The highest BCUT2D eigenvalue weighted by molar-refractivity contribution is 5.79. The van der Waals surface area contributed by atoms with Crippen molar-refractivity contribution >= 4 is 5.91 Å². The number of amides is 1. The van der Waals surface area contributed by atoms with Gasteiger partial charge in [-0.15, -0.1) is 0 Å². The molecule has 0 aliphatic heterocycles. The number of carbonyl (C=O) groups is 1. The highest BCUT2D eigenvalue weighted by Gasteiger charge is 2.40. The molecule has 4 heteroatoms. The fourth-order valence-electron chi connectivity index (χ4n) is 3.30. The second kappa shape index (κ2) is 5.36. The molecule has 2 fully saturated rings. The Morgan fingerprint density at radius 3 is 2.71 bits per heavy atom. The van der Waals surface area contributed by atoms with Crippen LogP contribution in [0, 0.1) is 17.8 Å². The summed E-state index contributed by atoms with van der Waals surface area (Å²) in [4.78, 5) is 12.0. The minimum atomic E-state index is -0.599. The molecule has 0 saturated heterocycles. The van der Waals surface area contributed by atoms with Crippen LogP contribution < -0.4 is 10.6 Å². The van der Waals surface area contributed by atoms with Crippen LogP contribution in [0.1, 0.15) is 32.6 Å². The summed E-state index contributed by atoms with van der Waals surface area (Å²) in [5, 5.41) is 15.8. The summed E-state index contributed by atoms with van der Waals surface area (Å²) in [6.45, 7) is 2.26. The molecule has 17 heavy (non-hydrogen) atoms. The quantitative estimate of drug-likeness (QED) is 0.656. The van der Waals surface area contributed by atoms with E-state index in [1.54, 1.807) is 14.0 Å². The average molecular weight is 240 g/mol. The van der Waals surface area contributed by atoms with E-state index in [9.17, 15) is 9.90 Å². The molecule has 2 bridgehead atoms. The molecule has 3 N–H and O–H groups in total. The molecule has 5 atom stereocenters. The van der Waals surface area contributed by atoms with Gasteiger partial charge in [0.05, 0.1) is 12.0 Å². The van der Waals surface area contributed by atoms with Crippen LogP contribution >= 0.6 is 0 Å². The van der Waals surface area contributed by atoms with Crippen LogP contribution in [0.3, 0.4) is 0 Å². The fourth-order valence-corrected chi connectivity index (χ4v) is 3.30. The fraction of sp³-hybridized carbons (Fsp3) is 0.923. The Kier molecular flexibility index (Phi) is 4.05. The Morgan fingerprint density at radius 1 is 1.41 bits per heavy atom. The first kappa shape index (κ1) is 12.8. The van der Waals surface area contributed by atoms with Gasteiger partial charge >= 0.3 is 0 Å². The molecule has 0 radical (unpaired) electrons. The Balaban J connectivity index is 1.80. The molecule has 4 nitrogen and oxygen atoms in total. The van der Waals surface area contributed by atoms with Crippen molar-refractivity contribution < 1.29 is 9.90 Å². The van der Waals surface area contributed by atoms with Crippen molar-refractivity contribution in [3.63, 3.8) is 0 Å². The summed E-state index contributed by atoms with van der Waals surface area (Å²) in [6.07, 6.45) is 4.44. The molecule has 2 aliphatic carbocycles. The predicted molar refractivity (Wildman–Crippen MR) is 66.5 cm³/mol. The van der Waals surface area contributed by atoms with Crippen molar-refractivity contribution in [2.75, 3.05) is 13.6 Å². The van der Waals surface area contributed by atoms with Gasteiger partial charge in [0.15, 0.2) is 0 Å². The summed E-state index contributed by atoms with van der Waals surface area (Å²) in [5.41, 5.74) is 0. The Labute approximate surface area is 103 Å². The first-order valence-corrected chi connectivity index (χ1v) is 6.74. The standard InChI is InChI=1S/C13H24N2O2/c1-8(12(16)7-14-2)13(17)15-11-6-9-3-4-10(11)5-9/h8-12,14,16H,3-7H2,1-2H3,(H,15,17). The third-order valence-electron chi connectivity index (χ3n) is 4.47. The number of nitrogens with one attached hydrogen (secondary N) is 2. The van der Waals surface area contributed by atoms with Crippen molar-refractivity contribution in [1.29, 1.82) is 0 Å². The van der Waals surface area contributed by atoms with E-state index in [-0.39, 0.29) is 11.8 Å². The highest BCUT2D eigenvalue weighted by atomic mass is 16.3. The van der Waals surface area contributed by atoms with Crippen LogP contribution in [-0.2, 0) is 4.79 Å². The predicted octanol–water partition coefficient (Wildman–Crippen LogP) is 0.508. The molecule has 98 valence electrons. The van der Waals surface area contributed by atoms with Crippen LogP contribution in [0.5, 0.6) is 0 Å². The van der Waals surface area contributed by atoms with Gasteiger partial charge in [0.2, 0.25) is 5.91 Å². The molecule has 5 unspecified atom stereocenters. The number of carbonyl (C=O) groups excluding carboxylic acids is 1. The van der Waals surface area contributed by atoms with Gasteiger partial charge < -0.3 is 15.7 Å². The molecule has 2 saturated carbocycles. The number of hydrogen-bond donors (Lipinski definition) is 3. The summed E-state index contributed by atoms with van der Waals surface area (Å²) < 4.78 is 0. The zero-order valence-corrected chi connectivity index (χ0v) is 10.8. The SMILES string of the molecule is CNCC(O)C(C)C(=O)NC1CC2CCC1C2. The molecule has 0 heterocycles. The number of hydrogen-bond acceptors (Lipinski definition) is 3. The van der Waals surface area contributed by atoms with Gasteiger partial charge in [-0.2, -0.15) is 0 Å². The van der Waals surface area contributed by atoms with E-state index in [0.29, 0.717) is 18.5 Å². The lowest BCUT2D eigenvalue weighted by Gasteiger charge is -2.26. The topological polar surface area (TPSA) is 61.4 Å². The Hall–Kier alpha value is -0.610. The minimum Gasteiger partial charge on any atom is -0.391 e. The maximum atomic E-state index is 12.0. The number of aliphatic hydroxyl groups is 1. The smallest absolute Gasteiger partial charge is 0.225 e. The van der Waals surface area contributed by atoms with Crippen LogP contribution in [0.25, 0.3) is 0 Å². The first-order chi connectivity index (χ1) is 8.11. The third kappa shape index (κ3) is 2.80. The number of likely N-dealkylation sites (N-methyl/N-ethyl adjacent to an activating group) is 1. The summed E-state index contributed by atoms with van der Waals surface area (Å²) in [7, 11) is 1.78. The van der Waals surface area contributed by atoms with E-state index in [4.69, 9.17) is 0 Å². The largest absolute Gasteiger partial charge is 0.391 e. The zero-order chi connectivity index (χ0) is 12.4. The Morgan fingerprint density at radius 2 is 2.18 bits per heavy atom. The average Bonchev–Trinajstić information content (AvgIpc) is 2.90. The molecule has 0 aromatic heterocycles. The third-order valence-corrected chi connectivity index (χ3v) is 4.47. The van der Waals surface area contributed by atoms with E-state index in [1.165, 1.54) is 19.3 Å².